The van der Waals surface area contributed by atoms with Crippen molar-refractivity contribution in [1.82, 2.24) is 0 Å². The molecule has 0 amide bonds. The lowest BCUT2D eigenvalue weighted by Crippen LogP contribution is -2.44. The maximum Gasteiger partial charge on any atom is 0.0991 e. The molecule has 0 saturated carbocycles. The number of nitrogens with zero attached hydrogens (tertiary/aromatic N) is 1. The summed E-state index contributed by atoms with van der Waals surface area (Å²) in [5.74, 6) is 0. The number of benzene rings is 7. The van der Waals surface area contributed by atoms with Crippen molar-refractivity contribution in [1.29, 1.82) is 5.26 Å². The van der Waals surface area contributed by atoms with Crippen molar-refractivity contribution in [2.24, 2.45) is 0 Å². The average molecular weight is 584 g/mol. The molecule has 2 atom stereocenters. The Kier molecular flexibility index (Phi) is 5.76. The molecule has 0 aliphatic heterocycles. The predicted octanol–water partition coefficient (Wildman–Crippen LogP) is 10.3. The van der Waals surface area contributed by atoms with Gasteiger partial charge in [0, 0.05) is 0 Å². The van der Waals surface area contributed by atoms with Crippen LogP contribution >= 0.6 is 0 Å². The van der Waals surface area contributed by atoms with Crippen molar-refractivity contribution in [3.8, 4) is 28.3 Å². The lowest BCUT2D eigenvalue weighted by Gasteiger charge is -2.49. The minimum Gasteiger partial charge on any atom is -0.192 e. The van der Waals surface area contributed by atoms with Crippen LogP contribution in [0.5, 0.6) is 0 Å². The van der Waals surface area contributed by atoms with Crippen molar-refractivity contribution in [3.05, 3.63) is 226 Å². The molecule has 1 nitrogen and oxygen atoms in total. The van der Waals surface area contributed by atoms with Crippen LogP contribution < -0.4 is 0 Å². The quantitative estimate of drug-likeness (QED) is 0.202. The molecule has 0 heterocycles. The molecule has 0 spiro atoms. The molecule has 46 heavy (non-hydrogen) atoms. The van der Waals surface area contributed by atoms with Gasteiger partial charge in [0.1, 0.15) is 0 Å². The SMILES string of the molecule is N#Cc1ccc(-c2cccc(C3(c4ccccc4)c4ccccc4C4(c5ccccc5)c5ccccc5-c5cccc3c54)c2)cc1. The highest BCUT2D eigenvalue weighted by molar-refractivity contribution is 5.91. The molecule has 0 fully saturated rings. The lowest BCUT2D eigenvalue weighted by molar-refractivity contribution is 0.627. The van der Waals surface area contributed by atoms with E-state index in [1.54, 1.807) is 0 Å². The van der Waals surface area contributed by atoms with E-state index in [0.29, 0.717) is 5.56 Å². The van der Waals surface area contributed by atoms with Gasteiger partial charge in [-0.3, -0.25) is 0 Å². The maximum atomic E-state index is 9.43. The smallest absolute Gasteiger partial charge is 0.0991 e. The van der Waals surface area contributed by atoms with Crippen LogP contribution in [-0.2, 0) is 10.8 Å². The highest BCUT2D eigenvalue weighted by Gasteiger charge is 2.57. The average Bonchev–Trinajstić information content (AvgIpc) is 3.45. The maximum absolute atomic E-state index is 9.43. The zero-order valence-corrected chi connectivity index (χ0v) is 25.2. The van der Waals surface area contributed by atoms with Gasteiger partial charge in [0.25, 0.3) is 0 Å². The normalized spacial score (nSPS) is 18.6. The van der Waals surface area contributed by atoms with E-state index in [-0.39, 0.29) is 0 Å². The van der Waals surface area contributed by atoms with Crippen LogP contribution in [0.1, 0.15) is 50.1 Å². The summed E-state index contributed by atoms with van der Waals surface area (Å²) >= 11 is 0. The topological polar surface area (TPSA) is 23.8 Å². The number of rotatable bonds is 4. The summed E-state index contributed by atoms with van der Waals surface area (Å²) in [7, 11) is 0. The van der Waals surface area contributed by atoms with Crippen LogP contribution in [0.15, 0.2) is 176 Å². The molecule has 2 unspecified atom stereocenters. The number of fused-ring (bicyclic) bond motifs is 5. The van der Waals surface area contributed by atoms with Crippen molar-refractivity contribution < 1.29 is 0 Å². The molecular weight excluding hydrogens is 555 g/mol. The second-order valence-corrected chi connectivity index (χ2v) is 12.3. The summed E-state index contributed by atoms with van der Waals surface area (Å²) < 4.78 is 0. The summed E-state index contributed by atoms with van der Waals surface area (Å²) in [6.07, 6.45) is 0. The Morgan fingerprint density at radius 1 is 0.370 bits per heavy atom. The first-order valence-electron chi connectivity index (χ1n) is 15.8. The van der Waals surface area contributed by atoms with E-state index in [9.17, 15) is 5.26 Å². The van der Waals surface area contributed by atoms with Gasteiger partial charge in [-0.25, -0.2) is 0 Å². The van der Waals surface area contributed by atoms with Gasteiger partial charge in [0.15, 0.2) is 0 Å². The molecule has 0 N–H and O–H groups in total. The van der Waals surface area contributed by atoms with Crippen LogP contribution in [0.2, 0.25) is 0 Å². The standard InChI is InChI=1S/C45H29N/c46-30-31-25-27-32(28-26-31)33-13-11-18-36(29-33)44(34-14-3-1-4-15-34)40-22-9-10-23-41(40)45(35-16-5-2-6-17-35)39-21-8-7-19-37(39)38-20-12-24-42(44)43(38)45/h1-29H. The summed E-state index contributed by atoms with van der Waals surface area (Å²) in [5, 5.41) is 9.43. The van der Waals surface area contributed by atoms with Crippen LogP contribution in [0.3, 0.4) is 0 Å². The van der Waals surface area contributed by atoms with Gasteiger partial charge in [0.2, 0.25) is 0 Å². The Bertz CT molecular complexity index is 2310. The first-order chi connectivity index (χ1) is 22.8. The number of nitriles is 1. The molecule has 0 bridgehead atoms. The Balaban J connectivity index is 1.45. The van der Waals surface area contributed by atoms with Gasteiger partial charge in [-0.1, -0.05) is 158 Å². The van der Waals surface area contributed by atoms with E-state index in [1.165, 1.54) is 55.6 Å². The summed E-state index contributed by atoms with van der Waals surface area (Å²) in [6, 6.07) is 66.4. The predicted molar refractivity (Wildman–Crippen MR) is 186 cm³/mol. The van der Waals surface area contributed by atoms with Crippen LogP contribution in [0.25, 0.3) is 22.3 Å². The van der Waals surface area contributed by atoms with E-state index in [0.717, 1.165) is 11.1 Å². The fourth-order valence-electron chi connectivity index (χ4n) is 8.52. The lowest BCUT2D eigenvalue weighted by atomic mass is 9.51. The summed E-state index contributed by atoms with van der Waals surface area (Å²) in [6.45, 7) is 0. The van der Waals surface area contributed by atoms with Crippen molar-refractivity contribution >= 4 is 0 Å². The minimum atomic E-state index is -0.577. The molecule has 9 rings (SSSR count). The summed E-state index contributed by atoms with van der Waals surface area (Å²) in [4.78, 5) is 0. The number of hydrogen-bond donors (Lipinski definition) is 0. The van der Waals surface area contributed by atoms with Gasteiger partial charge in [-0.05, 0) is 85.0 Å². The molecule has 0 radical (unpaired) electrons. The molecule has 0 aromatic heterocycles. The van der Waals surface area contributed by atoms with Crippen molar-refractivity contribution in [2.75, 3.05) is 0 Å². The third kappa shape index (κ3) is 3.39. The second kappa shape index (κ2) is 10.0. The Labute approximate surface area is 269 Å². The molecule has 2 aliphatic carbocycles. The first-order valence-corrected chi connectivity index (χ1v) is 15.8. The molecule has 2 aliphatic rings. The van der Waals surface area contributed by atoms with Gasteiger partial charge in [-0.15, -0.1) is 0 Å². The third-order valence-electron chi connectivity index (χ3n) is 10.3. The molecule has 7 aromatic rings. The van der Waals surface area contributed by atoms with E-state index in [1.807, 2.05) is 12.1 Å². The monoisotopic (exact) mass is 583 g/mol. The zero-order valence-electron chi connectivity index (χ0n) is 25.2. The highest BCUT2D eigenvalue weighted by atomic mass is 14.6. The fourth-order valence-corrected chi connectivity index (χ4v) is 8.52. The van der Waals surface area contributed by atoms with Gasteiger partial charge >= 0.3 is 0 Å². The molecule has 7 aromatic carbocycles. The first kappa shape index (κ1) is 26.4. The summed E-state index contributed by atoms with van der Waals surface area (Å²) in [5.41, 5.74) is 14.8. The Morgan fingerprint density at radius 3 is 1.59 bits per heavy atom. The molecule has 0 saturated heterocycles. The zero-order chi connectivity index (χ0) is 30.7. The highest BCUT2D eigenvalue weighted by Crippen LogP contribution is 2.65. The minimum absolute atomic E-state index is 0.455. The molecule has 1 heteroatoms. The van der Waals surface area contributed by atoms with Crippen LogP contribution in [-0.4, -0.2) is 0 Å². The van der Waals surface area contributed by atoms with Gasteiger partial charge in [-0.2, -0.15) is 5.26 Å². The molecule has 214 valence electrons. The Morgan fingerprint density at radius 2 is 0.891 bits per heavy atom. The van der Waals surface area contributed by atoms with E-state index >= 15 is 0 Å². The van der Waals surface area contributed by atoms with Crippen molar-refractivity contribution in [3.63, 3.8) is 0 Å². The van der Waals surface area contributed by atoms with E-state index < -0.39 is 10.8 Å². The van der Waals surface area contributed by atoms with Crippen LogP contribution in [0, 0.1) is 11.3 Å². The van der Waals surface area contributed by atoms with Gasteiger partial charge in [0.05, 0.1) is 22.5 Å². The fraction of sp³-hybridized carbons (Fsp3) is 0.0444. The third-order valence-corrected chi connectivity index (χ3v) is 10.3. The van der Waals surface area contributed by atoms with E-state index in [4.69, 9.17) is 0 Å². The number of hydrogen-bond acceptors (Lipinski definition) is 1. The molecular formula is C45H29N. The van der Waals surface area contributed by atoms with Crippen LogP contribution in [0.4, 0.5) is 0 Å². The largest absolute Gasteiger partial charge is 0.192 e. The Hall–Kier alpha value is -5.97. The van der Waals surface area contributed by atoms with Gasteiger partial charge < -0.3 is 0 Å². The second-order valence-electron chi connectivity index (χ2n) is 12.3. The van der Waals surface area contributed by atoms with E-state index in [2.05, 4.69) is 170 Å². The van der Waals surface area contributed by atoms with Crippen molar-refractivity contribution in [2.45, 2.75) is 10.8 Å².